The lowest BCUT2D eigenvalue weighted by molar-refractivity contribution is -0.136. The molecule has 2 N–H and O–H groups in total. The Labute approximate surface area is 190 Å². The van der Waals surface area contributed by atoms with Gasteiger partial charge in [-0.15, -0.1) is 0 Å². The zero-order chi connectivity index (χ0) is 24.3. The van der Waals surface area contributed by atoms with Crippen LogP contribution in [-0.2, 0) is 25.3 Å². The number of carbonyl (C=O) groups is 2. The fourth-order valence-electron chi connectivity index (χ4n) is 3.07. The lowest BCUT2D eigenvalue weighted by Crippen LogP contribution is -2.41. The van der Waals surface area contributed by atoms with Gasteiger partial charge >= 0.3 is 19.2 Å². The molecule has 32 heavy (non-hydrogen) atoms. The van der Waals surface area contributed by atoms with Gasteiger partial charge in [0.15, 0.2) is 0 Å². The molecule has 0 spiro atoms. The number of hydrogen-bond donors (Lipinski definition) is 2. The van der Waals surface area contributed by atoms with E-state index in [1.54, 1.807) is 45.0 Å². The number of methoxy groups -OCH3 is 1. The second-order valence-electron chi connectivity index (χ2n) is 9.81. The van der Waals surface area contributed by atoms with Gasteiger partial charge in [-0.05, 0) is 71.6 Å². The SMILES string of the molecule is COc1ccc(CC(=O)O)cc1C=C(CNC(=O)OC(C)(C)C)B1OC(C)(C)C(C)(C)O1. The molecule has 0 saturated carbocycles. The smallest absolute Gasteiger partial charge is 0.492 e. The van der Waals surface area contributed by atoms with E-state index in [1.165, 1.54) is 7.11 Å². The Morgan fingerprint density at radius 3 is 2.25 bits per heavy atom. The van der Waals surface area contributed by atoms with E-state index >= 15 is 0 Å². The van der Waals surface area contributed by atoms with Crippen molar-refractivity contribution in [2.75, 3.05) is 13.7 Å². The average Bonchev–Trinajstić information content (AvgIpc) is 2.84. The van der Waals surface area contributed by atoms with Crippen LogP contribution >= 0.6 is 0 Å². The van der Waals surface area contributed by atoms with Crippen molar-refractivity contribution in [3.05, 3.63) is 34.8 Å². The van der Waals surface area contributed by atoms with E-state index in [0.717, 1.165) is 0 Å². The lowest BCUT2D eigenvalue weighted by Gasteiger charge is -2.32. The third-order valence-corrected chi connectivity index (χ3v) is 5.38. The molecule has 1 saturated heterocycles. The van der Waals surface area contributed by atoms with Crippen LogP contribution in [0.2, 0.25) is 0 Å². The Kier molecular flexibility index (Phi) is 7.68. The summed E-state index contributed by atoms with van der Waals surface area (Å²) in [5.41, 5.74) is 0.142. The summed E-state index contributed by atoms with van der Waals surface area (Å²) in [6.07, 6.45) is 1.11. The summed E-state index contributed by atoms with van der Waals surface area (Å²) in [5.74, 6) is -0.367. The molecule has 9 heteroatoms. The molecule has 1 fully saturated rings. The molecule has 0 radical (unpaired) electrons. The summed E-state index contributed by atoms with van der Waals surface area (Å²) < 4.78 is 23.2. The zero-order valence-electron chi connectivity index (χ0n) is 20.2. The Bertz CT molecular complexity index is 871. The largest absolute Gasteiger partial charge is 0.496 e. The van der Waals surface area contributed by atoms with Gasteiger partial charge in [0.25, 0.3) is 0 Å². The minimum Gasteiger partial charge on any atom is -0.496 e. The molecule has 1 aliphatic heterocycles. The normalized spacial score (nSPS) is 17.8. The molecule has 0 atom stereocenters. The maximum absolute atomic E-state index is 12.3. The molecular weight excluding hydrogens is 413 g/mol. The highest BCUT2D eigenvalue weighted by Gasteiger charge is 2.52. The minimum atomic E-state index is -0.928. The van der Waals surface area contributed by atoms with Crippen molar-refractivity contribution < 1.29 is 33.5 Å². The van der Waals surface area contributed by atoms with Crippen molar-refractivity contribution in [1.82, 2.24) is 5.32 Å². The summed E-state index contributed by atoms with van der Waals surface area (Å²) in [6.45, 7) is 13.3. The summed E-state index contributed by atoms with van der Waals surface area (Å²) >= 11 is 0. The third kappa shape index (κ3) is 6.74. The first kappa shape index (κ1) is 25.7. The third-order valence-electron chi connectivity index (χ3n) is 5.38. The van der Waals surface area contributed by atoms with Crippen LogP contribution in [0.5, 0.6) is 5.75 Å². The topological polar surface area (TPSA) is 103 Å². The van der Waals surface area contributed by atoms with Gasteiger partial charge in [-0.3, -0.25) is 4.79 Å². The number of carbonyl (C=O) groups excluding carboxylic acids is 1. The van der Waals surface area contributed by atoms with Crippen LogP contribution in [-0.4, -0.2) is 54.7 Å². The number of hydrogen-bond acceptors (Lipinski definition) is 6. The molecule has 176 valence electrons. The van der Waals surface area contributed by atoms with E-state index in [-0.39, 0.29) is 13.0 Å². The van der Waals surface area contributed by atoms with Gasteiger partial charge in [-0.2, -0.15) is 0 Å². The Morgan fingerprint density at radius 1 is 1.16 bits per heavy atom. The van der Waals surface area contributed by atoms with Crippen molar-refractivity contribution in [3.63, 3.8) is 0 Å². The molecule has 2 rings (SSSR count). The monoisotopic (exact) mass is 447 g/mol. The van der Waals surface area contributed by atoms with Gasteiger partial charge in [0.1, 0.15) is 11.4 Å². The first-order chi connectivity index (χ1) is 14.6. The van der Waals surface area contributed by atoms with Crippen LogP contribution in [0, 0.1) is 0 Å². The van der Waals surface area contributed by atoms with E-state index < -0.39 is 36.0 Å². The number of carboxylic acids is 1. The quantitative estimate of drug-likeness (QED) is 0.612. The molecule has 0 unspecified atom stereocenters. The first-order valence-electron chi connectivity index (χ1n) is 10.6. The van der Waals surface area contributed by atoms with E-state index in [1.807, 2.05) is 27.7 Å². The molecular formula is C23H34BNO7. The first-order valence-corrected chi connectivity index (χ1v) is 10.6. The number of carboxylic acid groups (broad SMARTS) is 1. The molecule has 0 aromatic heterocycles. The molecule has 1 aromatic rings. The summed E-state index contributed by atoms with van der Waals surface area (Å²) in [6, 6.07) is 5.16. The molecule has 1 amide bonds. The van der Waals surface area contributed by atoms with Crippen LogP contribution < -0.4 is 10.1 Å². The maximum Gasteiger partial charge on any atom is 0.492 e. The molecule has 0 aliphatic carbocycles. The van der Waals surface area contributed by atoms with Gasteiger partial charge < -0.3 is 29.2 Å². The van der Waals surface area contributed by atoms with Crippen molar-refractivity contribution in [3.8, 4) is 5.75 Å². The van der Waals surface area contributed by atoms with E-state index in [0.29, 0.717) is 22.3 Å². The van der Waals surface area contributed by atoms with E-state index in [9.17, 15) is 9.59 Å². The van der Waals surface area contributed by atoms with Crippen LogP contribution in [0.15, 0.2) is 23.7 Å². The summed E-state index contributed by atoms with van der Waals surface area (Å²) in [7, 11) is 0.819. The van der Waals surface area contributed by atoms with Gasteiger partial charge in [0.2, 0.25) is 0 Å². The van der Waals surface area contributed by atoms with Gasteiger partial charge in [0, 0.05) is 12.1 Å². The summed E-state index contributed by atoms with van der Waals surface area (Å²) in [4.78, 5) is 23.4. The average molecular weight is 447 g/mol. The van der Waals surface area contributed by atoms with Crippen LogP contribution in [0.3, 0.4) is 0 Å². The molecule has 1 heterocycles. The lowest BCUT2D eigenvalue weighted by atomic mass is 9.76. The predicted molar refractivity (Wildman–Crippen MR) is 123 cm³/mol. The number of nitrogens with one attached hydrogen (secondary N) is 1. The number of alkyl carbamates (subject to hydrolysis) is 1. The highest BCUT2D eigenvalue weighted by atomic mass is 16.7. The predicted octanol–water partition coefficient (Wildman–Crippen LogP) is 3.86. The number of rotatable bonds is 7. The van der Waals surface area contributed by atoms with Crippen molar-refractivity contribution >= 4 is 25.3 Å². The standard InChI is InChI=1S/C23H34BNO7/c1-21(2,3)30-20(28)25-14-17(24-31-22(4,5)23(6,7)32-24)13-16-11-15(12-19(26)27)9-10-18(16)29-8/h9-11,13H,12,14H2,1-8H3,(H,25,28)(H,26,27). The Hall–Kier alpha value is -2.52. The summed E-state index contributed by atoms with van der Waals surface area (Å²) in [5, 5.41) is 11.9. The Balaban J connectivity index is 2.41. The highest BCUT2D eigenvalue weighted by Crippen LogP contribution is 2.39. The van der Waals surface area contributed by atoms with Crippen molar-refractivity contribution in [2.24, 2.45) is 0 Å². The van der Waals surface area contributed by atoms with Gasteiger partial charge in [0.05, 0.1) is 24.7 Å². The van der Waals surface area contributed by atoms with Crippen LogP contribution in [0.1, 0.15) is 59.6 Å². The number of aliphatic carboxylic acids is 1. The molecule has 1 aliphatic rings. The molecule has 0 bridgehead atoms. The van der Waals surface area contributed by atoms with Gasteiger partial charge in [-0.1, -0.05) is 12.1 Å². The second kappa shape index (κ2) is 9.54. The highest BCUT2D eigenvalue weighted by molar-refractivity contribution is 6.56. The number of benzene rings is 1. The fraction of sp³-hybridized carbons (Fsp3) is 0.565. The fourth-order valence-corrected chi connectivity index (χ4v) is 3.07. The second-order valence-corrected chi connectivity index (χ2v) is 9.81. The van der Waals surface area contributed by atoms with Crippen LogP contribution in [0.4, 0.5) is 4.79 Å². The van der Waals surface area contributed by atoms with Crippen LogP contribution in [0.25, 0.3) is 6.08 Å². The number of amides is 1. The van der Waals surface area contributed by atoms with E-state index in [2.05, 4.69) is 5.32 Å². The van der Waals surface area contributed by atoms with E-state index in [4.69, 9.17) is 23.9 Å². The maximum atomic E-state index is 12.3. The Morgan fingerprint density at radius 2 is 1.75 bits per heavy atom. The van der Waals surface area contributed by atoms with Crippen molar-refractivity contribution in [1.29, 1.82) is 0 Å². The zero-order valence-corrected chi connectivity index (χ0v) is 20.2. The molecule has 8 nitrogen and oxygen atoms in total. The molecule has 1 aromatic carbocycles. The van der Waals surface area contributed by atoms with Crippen molar-refractivity contribution in [2.45, 2.75) is 71.7 Å². The van der Waals surface area contributed by atoms with Gasteiger partial charge in [-0.25, -0.2) is 4.79 Å². The number of ether oxygens (including phenoxy) is 2. The minimum absolute atomic E-state index is 0.109.